The zero-order valence-corrected chi connectivity index (χ0v) is 10.8. The first-order chi connectivity index (χ1) is 7.10. The zero-order valence-electron chi connectivity index (χ0n) is 9.25. The smallest absolute Gasteiger partial charge is 0.124 e. The number of nitrogens with one attached hydrogen (secondary N) is 1. The van der Waals surface area contributed by atoms with Crippen molar-refractivity contribution in [2.24, 2.45) is 11.8 Å². The van der Waals surface area contributed by atoms with Gasteiger partial charge >= 0.3 is 0 Å². The Kier molecular flexibility index (Phi) is 4.57. The fourth-order valence-corrected chi connectivity index (χ4v) is 1.92. The second kappa shape index (κ2) is 5.49. The quantitative estimate of drug-likeness (QED) is 0.655. The van der Waals surface area contributed by atoms with Gasteiger partial charge in [-0.3, -0.25) is 11.3 Å². The highest BCUT2D eigenvalue weighted by Crippen LogP contribution is 2.31. The molecule has 0 fully saturated rings. The lowest BCUT2D eigenvalue weighted by Gasteiger charge is -2.22. The molecule has 84 valence electrons. The van der Waals surface area contributed by atoms with Crippen LogP contribution in [0.15, 0.2) is 22.7 Å². The summed E-state index contributed by atoms with van der Waals surface area (Å²) in [6.07, 6.45) is 0. The Labute approximate surface area is 99.1 Å². The van der Waals surface area contributed by atoms with Gasteiger partial charge in [-0.1, -0.05) is 35.8 Å². The Morgan fingerprint density at radius 1 is 1.40 bits per heavy atom. The van der Waals surface area contributed by atoms with Crippen LogP contribution < -0.4 is 16.0 Å². The van der Waals surface area contributed by atoms with Crippen LogP contribution >= 0.6 is 15.9 Å². The standard InChI is InChI=1S/C11H17BrN2O/c1-7(2)11(14-13)9-5-4-8(12)6-10(9)15-3/h4-7,11,14H,13H2,1-3H3. The molecule has 0 aromatic heterocycles. The monoisotopic (exact) mass is 272 g/mol. The van der Waals surface area contributed by atoms with Gasteiger partial charge in [0.15, 0.2) is 0 Å². The predicted molar refractivity (Wildman–Crippen MR) is 65.6 cm³/mol. The molecule has 1 unspecified atom stereocenters. The number of hydrazine groups is 1. The van der Waals surface area contributed by atoms with Crippen LogP contribution in [0, 0.1) is 5.92 Å². The van der Waals surface area contributed by atoms with E-state index in [4.69, 9.17) is 10.6 Å². The number of methoxy groups -OCH3 is 1. The van der Waals surface area contributed by atoms with E-state index in [-0.39, 0.29) is 6.04 Å². The van der Waals surface area contributed by atoms with Crippen LogP contribution in [-0.4, -0.2) is 7.11 Å². The molecule has 1 atom stereocenters. The van der Waals surface area contributed by atoms with E-state index < -0.39 is 0 Å². The van der Waals surface area contributed by atoms with E-state index in [2.05, 4.69) is 35.2 Å². The number of rotatable bonds is 4. The SMILES string of the molecule is COc1cc(Br)ccc1C(NN)C(C)C. The third kappa shape index (κ3) is 2.93. The van der Waals surface area contributed by atoms with Crippen molar-refractivity contribution >= 4 is 15.9 Å². The normalized spacial score (nSPS) is 12.9. The Balaban J connectivity index is 3.11. The Morgan fingerprint density at radius 2 is 2.07 bits per heavy atom. The molecule has 1 aromatic carbocycles. The van der Waals surface area contributed by atoms with Crippen molar-refractivity contribution in [3.05, 3.63) is 28.2 Å². The molecule has 0 aliphatic carbocycles. The van der Waals surface area contributed by atoms with Crippen molar-refractivity contribution in [2.75, 3.05) is 7.11 Å². The fraction of sp³-hybridized carbons (Fsp3) is 0.455. The van der Waals surface area contributed by atoms with Gasteiger partial charge in [-0.25, -0.2) is 0 Å². The molecule has 0 saturated heterocycles. The van der Waals surface area contributed by atoms with E-state index in [1.165, 1.54) is 0 Å². The predicted octanol–water partition coefficient (Wildman–Crippen LogP) is 2.62. The molecule has 0 aliphatic heterocycles. The highest BCUT2D eigenvalue weighted by Gasteiger charge is 2.18. The lowest BCUT2D eigenvalue weighted by molar-refractivity contribution is 0.373. The second-order valence-electron chi connectivity index (χ2n) is 3.77. The van der Waals surface area contributed by atoms with Crippen molar-refractivity contribution in [1.82, 2.24) is 5.43 Å². The number of ether oxygens (including phenoxy) is 1. The fourth-order valence-electron chi connectivity index (χ4n) is 1.58. The van der Waals surface area contributed by atoms with Crippen molar-refractivity contribution < 1.29 is 4.74 Å². The average Bonchev–Trinajstić information content (AvgIpc) is 2.20. The third-order valence-corrected chi connectivity index (χ3v) is 2.87. The van der Waals surface area contributed by atoms with Crippen LogP contribution in [0.2, 0.25) is 0 Å². The minimum Gasteiger partial charge on any atom is -0.496 e. The topological polar surface area (TPSA) is 47.3 Å². The summed E-state index contributed by atoms with van der Waals surface area (Å²) in [4.78, 5) is 0. The Hall–Kier alpha value is -0.580. The molecular weight excluding hydrogens is 256 g/mol. The van der Waals surface area contributed by atoms with Gasteiger partial charge in [0, 0.05) is 10.0 Å². The van der Waals surface area contributed by atoms with Crippen molar-refractivity contribution in [3.8, 4) is 5.75 Å². The van der Waals surface area contributed by atoms with Crippen LogP contribution in [0.25, 0.3) is 0 Å². The summed E-state index contributed by atoms with van der Waals surface area (Å²) < 4.78 is 6.34. The Morgan fingerprint density at radius 3 is 2.53 bits per heavy atom. The van der Waals surface area contributed by atoms with E-state index in [9.17, 15) is 0 Å². The second-order valence-corrected chi connectivity index (χ2v) is 4.69. The summed E-state index contributed by atoms with van der Waals surface area (Å²) in [7, 11) is 1.67. The first kappa shape index (κ1) is 12.5. The van der Waals surface area contributed by atoms with Gasteiger partial charge in [0.1, 0.15) is 5.75 Å². The van der Waals surface area contributed by atoms with Gasteiger partial charge in [0.05, 0.1) is 13.2 Å². The molecule has 15 heavy (non-hydrogen) atoms. The molecule has 0 bridgehead atoms. The third-order valence-electron chi connectivity index (χ3n) is 2.38. The molecule has 1 aromatic rings. The van der Waals surface area contributed by atoms with E-state index in [1.807, 2.05) is 18.2 Å². The van der Waals surface area contributed by atoms with E-state index in [0.29, 0.717) is 5.92 Å². The van der Waals surface area contributed by atoms with Crippen molar-refractivity contribution in [2.45, 2.75) is 19.9 Å². The minimum atomic E-state index is 0.105. The van der Waals surface area contributed by atoms with Gasteiger partial charge < -0.3 is 4.74 Å². The van der Waals surface area contributed by atoms with Crippen LogP contribution in [0.1, 0.15) is 25.5 Å². The summed E-state index contributed by atoms with van der Waals surface area (Å²) in [5, 5.41) is 0. The minimum absolute atomic E-state index is 0.105. The molecule has 0 spiro atoms. The number of hydrogen-bond acceptors (Lipinski definition) is 3. The van der Waals surface area contributed by atoms with E-state index in [1.54, 1.807) is 7.11 Å². The highest BCUT2D eigenvalue weighted by molar-refractivity contribution is 9.10. The van der Waals surface area contributed by atoms with Crippen molar-refractivity contribution in [3.63, 3.8) is 0 Å². The summed E-state index contributed by atoms with van der Waals surface area (Å²) in [6.45, 7) is 4.23. The number of hydrogen-bond donors (Lipinski definition) is 2. The maximum absolute atomic E-state index is 5.55. The maximum atomic E-state index is 5.55. The zero-order chi connectivity index (χ0) is 11.4. The maximum Gasteiger partial charge on any atom is 0.124 e. The number of halogens is 1. The van der Waals surface area contributed by atoms with Gasteiger partial charge in [0.2, 0.25) is 0 Å². The first-order valence-corrected chi connectivity index (χ1v) is 5.69. The molecule has 0 amide bonds. The summed E-state index contributed by atoms with van der Waals surface area (Å²) in [5.74, 6) is 6.81. The molecule has 0 aliphatic rings. The molecule has 3 nitrogen and oxygen atoms in total. The van der Waals surface area contributed by atoms with Gasteiger partial charge in [0.25, 0.3) is 0 Å². The lowest BCUT2D eigenvalue weighted by atomic mass is 9.96. The molecule has 0 heterocycles. The van der Waals surface area contributed by atoms with E-state index in [0.717, 1.165) is 15.8 Å². The Bertz CT molecular complexity index is 328. The average molecular weight is 273 g/mol. The van der Waals surface area contributed by atoms with Gasteiger partial charge in [-0.05, 0) is 18.1 Å². The summed E-state index contributed by atoms with van der Waals surface area (Å²) in [5.41, 5.74) is 3.90. The molecule has 4 heteroatoms. The van der Waals surface area contributed by atoms with Crippen LogP contribution in [0.5, 0.6) is 5.75 Å². The summed E-state index contributed by atoms with van der Waals surface area (Å²) in [6, 6.07) is 6.06. The van der Waals surface area contributed by atoms with Gasteiger partial charge in [-0.15, -0.1) is 0 Å². The summed E-state index contributed by atoms with van der Waals surface area (Å²) >= 11 is 3.41. The van der Waals surface area contributed by atoms with E-state index >= 15 is 0 Å². The van der Waals surface area contributed by atoms with Crippen LogP contribution in [-0.2, 0) is 0 Å². The molecule has 3 N–H and O–H groups in total. The van der Waals surface area contributed by atoms with Gasteiger partial charge in [-0.2, -0.15) is 0 Å². The number of nitrogens with two attached hydrogens (primary N) is 1. The first-order valence-electron chi connectivity index (χ1n) is 4.89. The molecule has 0 saturated carbocycles. The van der Waals surface area contributed by atoms with Crippen molar-refractivity contribution in [1.29, 1.82) is 0 Å². The lowest BCUT2D eigenvalue weighted by Crippen LogP contribution is -2.31. The molecule has 0 radical (unpaired) electrons. The van der Waals surface area contributed by atoms with Crippen LogP contribution in [0.3, 0.4) is 0 Å². The largest absolute Gasteiger partial charge is 0.496 e. The molecule has 1 rings (SSSR count). The molecular formula is C11H17BrN2O. The highest BCUT2D eigenvalue weighted by atomic mass is 79.9. The number of benzene rings is 1. The van der Waals surface area contributed by atoms with Crippen LogP contribution in [0.4, 0.5) is 0 Å².